The van der Waals surface area contributed by atoms with Gasteiger partial charge in [-0.1, -0.05) is 19.9 Å². The first kappa shape index (κ1) is 20.0. The van der Waals surface area contributed by atoms with Crippen molar-refractivity contribution in [2.24, 2.45) is 17.4 Å². The van der Waals surface area contributed by atoms with Crippen LogP contribution in [0.25, 0.3) is 0 Å². The number of aromatic nitrogens is 2. The minimum absolute atomic E-state index is 0.114. The van der Waals surface area contributed by atoms with E-state index < -0.39 is 17.9 Å². The highest BCUT2D eigenvalue weighted by molar-refractivity contribution is 5.98. The molecule has 1 atom stereocenters. The maximum atomic E-state index is 11.7. The molecule has 0 fully saturated rings. The molecule has 9 heteroatoms. The van der Waals surface area contributed by atoms with Crippen molar-refractivity contribution in [3.63, 3.8) is 0 Å². The average Bonchev–Trinajstić information content (AvgIpc) is 2.60. The lowest BCUT2D eigenvalue weighted by atomic mass is 10.0. The van der Waals surface area contributed by atoms with Gasteiger partial charge in [0.2, 0.25) is 11.9 Å². The summed E-state index contributed by atoms with van der Waals surface area (Å²) in [6.07, 6.45) is 1.82. The summed E-state index contributed by atoms with van der Waals surface area (Å²) in [6, 6.07) is 6.47. The highest BCUT2D eigenvalue weighted by atomic mass is 16.5. The van der Waals surface area contributed by atoms with Crippen molar-refractivity contribution >= 4 is 29.3 Å². The van der Waals surface area contributed by atoms with Crippen LogP contribution in [0.2, 0.25) is 0 Å². The van der Waals surface area contributed by atoms with Gasteiger partial charge in [0.25, 0.3) is 5.91 Å². The van der Waals surface area contributed by atoms with Crippen LogP contribution in [0, 0.1) is 5.92 Å². The Hall–Kier alpha value is -3.36. The zero-order valence-corrected chi connectivity index (χ0v) is 15.5. The van der Waals surface area contributed by atoms with Crippen molar-refractivity contribution in [1.82, 2.24) is 9.97 Å². The number of hydrogen-bond acceptors (Lipinski definition) is 7. The van der Waals surface area contributed by atoms with Crippen LogP contribution in [0.5, 0.6) is 5.75 Å². The van der Waals surface area contributed by atoms with Gasteiger partial charge >= 0.3 is 0 Å². The highest BCUT2D eigenvalue weighted by Crippen LogP contribution is 2.23. The number of hydrogen-bond donors (Lipinski definition) is 4. The number of rotatable bonds is 9. The Morgan fingerprint density at radius 3 is 2.59 bits per heavy atom. The number of methoxy groups -OCH3 is 1. The molecule has 0 saturated carbocycles. The molecule has 0 aliphatic rings. The van der Waals surface area contributed by atoms with Crippen LogP contribution in [-0.2, 0) is 4.79 Å². The summed E-state index contributed by atoms with van der Waals surface area (Å²) in [4.78, 5) is 31.7. The fourth-order valence-corrected chi connectivity index (χ4v) is 2.44. The summed E-state index contributed by atoms with van der Waals surface area (Å²) in [5.41, 5.74) is 11.6. The molecule has 0 saturated heterocycles. The van der Waals surface area contributed by atoms with Crippen LogP contribution in [-0.4, -0.2) is 34.9 Å². The zero-order valence-electron chi connectivity index (χ0n) is 15.5. The van der Waals surface area contributed by atoms with Crippen LogP contribution in [0.4, 0.5) is 17.5 Å². The van der Waals surface area contributed by atoms with E-state index in [1.807, 2.05) is 13.8 Å². The third-order valence-corrected chi connectivity index (χ3v) is 3.74. The van der Waals surface area contributed by atoms with Gasteiger partial charge in [-0.15, -0.1) is 0 Å². The van der Waals surface area contributed by atoms with E-state index in [2.05, 4.69) is 20.6 Å². The van der Waals surface area contributed by atoms with Gasteiger partial charge in [-0.25, -0.2) is 4.98 Å². The molecule has 0 aliphatic heterocycles. The lowest BCUT2D eigenvalue weighted by molar-refractivity contribution is -0.119. The topological polar surface area (TPSA) is 145 Å². The Kier molecular flexibility index (Phi) is 6.53. The Bertz CT molecular complexity index is 824. The Morgan fingerprint density at radius 1 is 1.26 bits per heavy atom. The molecule has 0 aliphatic carbocycles. The number of carbonyl (C=O) groups is 2. The van der Waals surface area contributed by atoms with Crippen LogP contribution < -0.4 is 26.8 Å². The minimum atomic E-state index is -0.680. The molecule has 9 nitrogen and oxygen atoms in total. The van der Waals surface area contributed by atoms with Gasteiger partial charge in [0.05, 0.1) is 7.11 Å². The molecule has 6 N–H and O–H groups in total. The molecular formula is C18H24N6O3. The third-order valence-electron chi connectivity index (χ3n) is 3.74. The number of nitrogens with zero attached hydrogens (tertiary/aromatic N) is 2. The Morgan fingerprint density at radius 2 is 2.00 bits per heavy atom. The van der Waals surface area contributed by atoms with Gasteiger partial charge in [0.1, 0.15) is 23.2 Å². The van der Waals surface area contributed by atoms with Crippen molar-refractivity contribution in [3.8, 4) is 5.75 Å². The number of carbonyl (C=O) groups excluding carboxylic acids is 2. The normalized spacial score (nSPS) is 11.7. The molecule has 0 spiro atoms. The van der Waals surface area contributed by atoms with Gasteiger partial charge in [-0.2, -0.15) is 4.98 Å². The maximum Gasteiger partial charge on any atom is 0.254 e. The number of benzene rings is 1. The zero-order chi connectivity index (χ0) is 20.0. The van der Waals surface area contributed by atoms with E-state index in [9.17, 15) is 9.59 Å². The number of nitrogens with one attached hydrogen (secondary N) is 2. The molecule has 2 rings (SSSR count). The van der Waals surface area contributed by atoms with Gasteiger partial charge in [0, 0.05) is 18.0 Å². The molecule has 0 radical (unpaired) electrons. The second-order valence-corrected chi connectivity index (χ2v) is 6.41. The standard InChI is InChI=1S/C18H24N6O3/c1-10(2)7-14(16(20)26)23-18-21-9-13(15(19)25)17(24-18)22-11-5-4-6-12(8-11)27-3/h4-6,8-10,14H,7H2,1-3H3,(H2,19,25)(H2,20,26)(H2,21,22,23,24)/t14-/m1/s1. The highest BCUT2D eigenvalue weighted by Gasteiger charge is 2.19. The maximum absolute atomic E-state index is 11.7. The van der Waals surface area contributed by atoms with Crippen molar-refractivity contribution < 1.29 is 14.3 Å². The average molecular weight is 372 g/mol. The number of anilines is 3. The van der Waals surface area contributed by atoms with Crippen LogP contribution in [0.3, 0.4) is 0 Å². The number of primary amides is 2. The molecule has 27 heavy (non-hydrogen) atoms. The number of ether oxygens (including phenoxy) is 1. The summed E-state index contributed by atoms with van der Waals surface area (Å²) >= 11 is 0. The second kappa shape index (κ2) is 8.84. The van der Waals surface area contributed by atoms with Gasteiger partial charge in [-0.05, 0) is 24.5 Å². The Labute approximate surface area is 157 Å². The summed E-state index contributed by atoms with van der Waals surface area (Å²) in [5.74, 6) is 0.0676. The molecule has 2 aromatic rings. The van der Waals surface area contributed by atoms with E-state index >= 15 is 0 Å². The largest absolute Gasteiger partial charge is 0.497 e. The van der Waals surface area contributed by atoms with Crippen molar-refractivity contribution in [1.29, 1.82) is 0 Å². The first-order valence-electron chi connectivity index (χ1n) is 8.44. The van der Waals surface area contributed by atoms with Crippen molar-refractivity contribution in [3.05, 3.63) is 36.0 Å². The molecular weight excluding hydrogens is 348 g/mol. The molecule has 0 bridgehead atoms. The molecule has 1 aromatic heterocycles. The van der Waals surface area contributed by atoms with E-state index in [1.54, 1.807) is 31.4 Å². The van der Waals surface area contributed by atoms with Crippen LogP contribution in [0.15, 0.2) is 30.5 Å². The van der Waals surface area contributed by atoms with E-state index in [0.29, 0.717) is 17.9 Å². The smallest absolute Gasteiger partial charge is 0.254 e. The summed E-state index contributed by atoms with van der Waals surface area (Å²) in [6.45, 7) is 3.95. The summed E-state index contributed by atoms with van der Waals surface area (Å²) in [7, 11) is 1.55. The second-order valence-electron chi connectivity index (χ2n) is 6.41. The number of nitrogens with two attached hydrogens (primary N) is 2. The summed E-state index contributed by atoms with van der Waals surface area (Å²) < 4.78 is 5.18. The number of amides is 2. The SMILES string of the molecule is COc1cccc(Nc2nc(N[C@H](CC(C)C)C(N)=O)ncc2C(N)=O)c1. The Balaban J connectivity index is 2.32. The lowest BCUT2D eigenvalue weighted by Crippen LogP contribution is -2.37. The first-order valence-corrected chi connectivity index (χ1v) is 8.44. The van der Waals surface area contributed by atoms with E-state index in [-0.39, 0.29) is 23.2 Å². The molecule has 144 valence electrons. The molecule has 1 heterocycles. The molecule has 2 amide bonds. The van der Waals surface area contributed by atoms with Gasteiger partial charge in [-0.3, -0.25) is 9.59 Å². The minimum Gasteiger partial charge on any atom is -0.497 e. The monoisotopic (exact) mass is 372 g/mol. The predicted molar refractivity (Wildman–Crippen MR) is 103 cm³/mol. The fourth-order valence-electron chi connectivity index (χ4n) is 2.44. The van der Waals surface area contributed by atoms with E-state index in [4.69, 9.17) is 16.2 Å². The van der Waals surface area contributed by atoms with Gasteiger partial charge in [0.15, 0.2) is 0 Å². The molecule has 0 unspecified atom stereocenters. The quantitative estimate of drug-likeness (QED) is 0.523. The first-order chi connectivity index (χ1) is 12.8. The predicted octanol–water partition coefficient (Wildman–Crippen LogP) is 1.64. The van der Waals surface area contributed by atoms with Crippen molar-refractivity contribution in [2.75, 3.05) is 17.7 Å². The van der Waals surface area contributed by atoms with Crippen LogP contribution in [0.1, 0.15) is 30.6 Å². The summed E-state index contributed by atoms with van der Waals surface area (Å²) in [5, 5.41) is 5.94. The van der Waals surface area contributed by atoms with Crippen molar-refractivity contribution in [2.45, 2.75) is 26.3 Å². The third kappa shape index (κ3) is 5.56. The van der Waals surface area contributed by atoms with Crippen LogP contribution >= 0.6 is 0 Å². The van der Waals surface area contributed by atoms with E-state index in [0.717, 1.165) is 0 Å². The lowest BCUT2D eigenvalue weighted by Gasteiger charge is -2.18. The van der Waals surface area contributed by atoms with Gasteiger partial charge < -0.3 is 26.8 Å². The fraction of sp³-hybridized carbons (Fsp3) is 0.333. The van der Waals surface area contributed by atoms with E-state index in [1.165, 1.54) is 6.20 Å². The molecule has 1 aromatic carbocycles.